The van der Waals surface area contributed by atoms with E-state index in [4.69, 9.17) is 0 Å². The molecule has 0 N–H and O–H groups in total. The number of carbonyl (C=O) groups excluding carboxylic acids is 2. The van der Waals surface area contributed by atoms with Gasteiger partial charge in [-0.15, -0.1) is 0 Å². The number of hydrogen-bond donors (Lipinski definition) is 0. The van der Waals surface area contributed by atoms with Crippen LogP contribution in [0.3, 0.4) is 0 Å². The maximum Gasteiger partial charge on any atom is 0.417 e. The molecule has 0 unspecified atom stereocenters. The van der Waals surface area contributed by atoms with Gasteiger partial charge in [-0.05, 0) is 6.07 Å². The number of carbonyl (C=O) groups is 2. The van der Waals surface area contributed by atoms with Crippen molar-refractivity contribution in [2.75, 3.05) is 5.33 Å². The molecule has 0 amide bonds. The monoisotopic (exact) mass is 339 g/mol. The van der Waals surface area contributed by atoms with Gasteiger partial charge in [-0.2, -0.15) is 13.2 Å². The van der Waals surface area contributed by atoms with E-state index in [1.165, 1.54) is 0 Å². The van der Waals surface area contributed by atoms with Gasteiger partial charge in [-0.25, -0.2) is 0 Å². The summed E-state index contributed by atoms with van der Waals surface area (Å²) in [5.74, 6) is -0.880. The van der Waals surface area contributed by atoms with Crippen LogP contribution in [0.25, 0.3) is 0 Å². The number of aldehydes is 1. The van der Waals surface area contributed by atoms with Gasteiger partial charge < -0.3 is 0 Å². The highest BCUT2D eigenvalue weighted by molar-refractivity contribution is 9.09. The minimum absolute atomic E-state index is 0.141. The van der Waals surface area contributed by atoms with Crippen molar-refractivity contribution in [3.8, 4) is 0 Å². The van der Waals surface area contributed by atoms with Crippen LogP contribution in [0.5, 0.6) is 0 Å². The molecule has 0 radical (unpaired) electrons. The summed E-state index contributed by atoms with van der Waals surface area (Å²) in [6, 6.07) is 0.775. The zero-order chi connectivity index (χ0) is 14.8. The van der Waals surface area contributed by atoms with Crippen LogP contribution in [-0.4, -0.2) is 22.3 Å². The molecular weight excluding hydrogens is 335 g/mol. The Balaban J connectivity index is 3.66. The Kier molecular flexibility index (Phi) is 4.40. The van der Waals surface area contributed by atoms with Crippen molar-refractivity contribution >= 4 is 33.7 Å². The lowest BCUT2D eigenvalue weighted by molar-refractivity contribution is -0.385. The van der Waals surface area contributed by atoms with Gasteiger partial charge in [0.05, 0.1) is 21.4 Å². The summed E-state index contributed by atoms with van der Waals surface area (Å²) in [6.45, 7) is 0. The minimum Gasteiger partial charge on any atom is -0.298 e. The van der Waals surface area contributed by atoms with Crippen molar-refractivity contribution in [3.05, 3.63) is 38.9 Å². The number of hydrogen-bond acceptors (Lipinski definition) is 4. The van der Waals surface area contributed by atoms with E-state index in [-0.39, 0.29) is 11.6 Å². The Hall–Kier alpha value is -1.77. The molecule has 9 heteroatoms. The molecule has 0 heterocycles. The SMILES string of the molecule is O=Cc1cc([N+](=O)[O-])c(C(=O)CBr)cc1C(F)(F)F. The van der Waals surface area contributed by atoms with Crippen molar-refractivity contribution in [1.29, 1.82) is 0 Å². The van der Waals surface area contributed by atoms with E-state index in [2.05, 4.69) is 15.9 Å². The Labute approximate surface area is 112 Å². The maximum atomic E-state index is 12.7. The average molecular weight is 340 g/mol. The number of nitro groups is 1. The van der Waals surface area contributed by atoms with Gasteiger partial charge in [0.2, 0.25) is 0 Å². The van der Waals surface area contributed by atoms with Gasteiger partial charge in [-0.1, -0.05) is 15.9 Å². The highest BCUT2D eigenvalue weighted by Gasteiger charge is 2.36. The van der Waals surface area contributed by atoms with Crippen LogP contribution < -0.4 is 0 Å². The first-order valence-corrected chi connectivity index (χ1v) is 5.78. The molecule has 1 rings (SSSR count). The molecule has 0 saturated heterocycles. The molecule has 0 aliphatic carbocycles. The highest BCUT2D eigenvalue weighted by Crippen LogP contribution is 2.35. The fourth-order valence-corrected chi connectivity index (χ4v) is 1.70. The number of Topliss-reactive ketones (excluding diaryl/α,β-unsaturated/α-hetero) is 1. The highest BCUT2D eigenvalue weighted by atomic mass is 79.9. The van der Waals surface area contributed by atoms with Crippen molar-refractivity contribution in [1.82, 2.24) is 0 Å². The zero-order valence-electron chi connectivity index (χ0n) is 9.03. The third-order valence-electron chi connectivity index (χ3n) is 2.22. The van der Waals surface area contributed by atoms with E-state index in [9.17, 15) is 32.9 Å². The van der Waals surface area contributed by atoms with Gasteiger partial charge in [0.25, 0.3) is 5.69 Å². The normalized spacial score (nSPS) is 11.2. The second-order valence-corrected chi connectivity index (χ2v) is 3.95. The lowest BCUT2D eigenvalue weighted by atomic mass is 10.00. The molecule has 0 atom stereocenters. The van der Waals surface area contributed by atoms with Crippen LogP contribution in [0.15, 0.2) is 12.1 Å². The van der Waals surface area contributed by atoms with Crippen LogP contribution in [0.4, 0.5) is 18.9 Å². The molecule has 0 spiro atoms. The van der Waals surface area contributed by atoms with Gasteiger partial charge in [0.15, 0.2) is 12.1 Å². The van der Waals surface area contributed by atoms with Gasteiger partial charge in [-0.3, -0.25) is 19.7 Å². The summed E-state index contributed by atoms with van der Waals surface area (Å²) >= 11 is 2.72. The van der Waals surface area contributed by atoms with Gasteiger partial charge >= 0.3 is 6.18 Å². The van der Waals surface area contributed by atoms with E-state index in [1.54, 1.807) is 0 Å². The van der Waals surface area contributed by atoms with Gasteiger partial charge in [0, 0.05) is 11.6 Å². The smallest absolute Gasteiger partial charge is 0.298 e. The summed E-state index contributed by atoms with van der Waals surface area (Å²) in [4.78, 5) is 31.7. The van der Waals surface area contributed by atoms with Crippen molar-refractivity contribution in [3.63, 3.8) is 0 Å². The second-order valence-electron chi connectivity index (χ2n) is 3.39. The molecule has 0 fully saturated rings. The van der Waals surface area contributed by atoms with Crippen LogP contribution in [-0.2, 0) is 6.18 Å². The molecule has 0 aromatic heterocycles. The van der Waals surface area contributed by atoms with E-state index in [0.717, 1.165) is 0 Å². The quantitative estimate of drug-likeness (QED) is 0.278. The molecule has 0 bridgehead atoms. The Morgan fingerprint density at radius 1 is 1.42 bits per heavy atom. The number of benzene rings is 1. The third-order valence-corrected chi connectivity index (χ3v) is 2.73. The lowest BCUT2D eigenvalue weighted by Gasteiger charge is -2.11. The number of nitro benzene ring substituents is 1. The van der Waals surface area contributed by atoms with Crippen molar-refractivity contribution in [2.45, 2.75) is 6.18 Å². The van der Waals surface area contributed by atoms with E-state index < -0.39 is 39.3 Å². The first kappa shape index (κ1) is 15.3. The van der Waals surface area contributed by atoms with E-state index >= 15 is 0 Å². The van der Waals surface area contributed by atoms with Crippen LogP contribution in [0, 0.1) is 10.1 Å². The van der Waals surface area contributed by atoms with E-state index in [0.29, 0.717) is 12.1 Å². The predicted molar refractivity (Wildman–Crippen MR) is 61.6 cm³/mol. The number of ketones is 1. The fourth-order valence-electron chi connectivity index (χ4n) is 1.39. The minimum atomic E-state index is -4.88. The fraction of sp³-hybridized carbons (Fsp3) is 0.200. The summed E-state index contributed by atoms with van der Waals surface area (Å²) in [6.07, 6.45) is -5.02. The van der Waals surface area contributed by atoms with Crippen LogP contribution >= 0.6 is 15.9 Å². The Bertz CT molecular complexity index is 556. The molecule has 0 aliphatic heterocycles. The van der Waals surface area contributed by atoms with Crippen LogP contribution in [0.2, 0.25) is 0 Å². The molecule has 1 aromatic rings. The topological polar surface area (TPSA) is 77.3 Å². The predicted octanol–water partition coefficient (Wildman–Crippen LogP) is 3.00. The number of alkyl halides is 4. The molecule has 5 nitrogen and oxygen atoms in total. The largest absolute Gasteiger partial charge is 0.417 e. The first-order chi connectivity index (χ1) is 8.72. The number of nitrogens with zero attached hydrogens (tertiary/aromatic N) is 1. The molecule has 19 heavy (non-hydrogen) atoms. The molecule has 1 aromatic carbocycles. The molecular formula is C10H5BrF3NO4. The standard InChI is InChI=1S/C10H5BrF3NO4/c11-3-9(17)6-2-7(10(12,13)14)5(4-16)1-8(6)15(18)19/h1-2,4H,3H2. The Morgan fingerprint density at radius 3 is 2.37 bits per heavy atom. The zero-order valence-corrected chi connectivity index (χ0v) is 10.6. The average Bonchev–Trinajstić information content (AvgIpc) is 2.34. The first-order valence-electron chi connectivity index (χ1n) is 4.66. The maximum absolute atomic E-state index is 12.7. The lowest BCUT2D eigenvalue weighted by Crippen LogP contribution is -2.13. The van der Waals surface area contributed by atoms with E-state index in [1.807, 2.05) is 0 Å². The number of halogens is 4. The van der Waals surface area contributed by atoms with Crippen molar-refractivity contribution < 1.29 is 27.7 Å². The molecule has 0 aliphatic rings. The van der Waals surface area contributed by atoms with Crippen molar-refractivity contribution in [2.24, 2.45) is 0 Å². The second kappa shape index (κ2) is 5.47. The Morgan fingerprint density at radius 2 is 2.00 bits per heavy atom. The third kappa shape index (κ3) is 3.16. The summed E-state index contributed by atoms with van der Waals surface area (Å²) in [5, 5.41) is 10.3. The molecule has 0 saturated carbocycles. The van der Waals surface area contributed by atoms with Gasteiger partial charge in [0.1, 0.15) is 0 Å². The summed E-state index contributed by atoms with van der Waals surface area (Å²) in [5.41, 5.74) is -3.79. The van der Waals surface area contributed by atoms with Crippen LogP contribution in [0.1, 0.15) is 26.3 Å². The molecule has 102 valence electrons. The summed E-state index contributed by atoms with van der Waals surface area (Å²) in [7, 11) is 0. The number of rotatable bonds is 4. The summed E-state index contributed by atoms with van der Waals surface area (Å²) < 4.78 is 38.0.